The van der Waals surface area contributed by atoms with Gasteiger partial charge in [-0.25, -0.2) is 4.98 Å². The summed E-state index contributed by atoms with van der Waals surface area (Å²) in [6, 6.07) is 9.79. The quantitative estimate of drug-likeness (QED) is 0.659. The van der Waals surface area contributed by atoms with Gasteiger partial charge in [0.2, 0.25) is 0 Å². The molecule has 4 rings (SSSR count). The SMILES string of the molecule is N#C/C(=C(/O)CN1CCC2CCCCC2C1)c1nc2ccccc2[nH]1. The molecule has 1 aromatic heterocycles. The van der Waals surface area contributed by atoms with E-state index in [1.807, 2.05) is 24.3 Å². The summed E-state index contributed by atoms with van der Waals surface area (Å²) in [4.78, 5) is 9.88. The number of rotatable bonds is 3. The molecule has 5 nitrogen and oxygen atoms in total. The fraction of sp³-hybridized carbons (Fsp3) is 0.500. The summed E-state index contributed by atoms with van der Waals surface area (Å²) in [7, 11) is 0. The van der Waals surface area contributed by atoms with E-state index in [1.165, 1.54) is 32.1 Å². The largest absolute Gasteiger partial charge is 0.509 e. The van der Waals surface area contributed by atoms with Crippen LogP contribution in [0, 0.1) is 23.2 Å². The van der Waals surface area contributed by atoms with Crippen molar-refractivity contribution >= 4 is 16.6 Å². The highest BCUT2D eigenvalue weighted by molar-refractivity contribution is 5.82. The number of benzene rings is 1. The van der Waals surface area contributed by atoms with E-state index in [-0.39, 0.29) is 11.3 Å². The zero-order valence-corrected chi connectivity index (χ0v) is 14.4. The highest BCUT2D eigenvalue weighted by Gasteiger charge is 2.31. The molecule has 2 aromatic rings. The second-order valence-corrected chi connectivity index (χ2v) is 7.36. The van der Waals surface area contributed by atoms with Gasteiger partial charge in [0.15, 0.2) is 5.82 Å². The number of hydrogen-bond donors (Lipinski definition) is 2. The van der Waals surface area contributed by atoms with Crippen LogP contribution in [0.3, 0.4) is 0 Å². The van der Waals surface area contributed by atoms with Crippen molar-refractivity contribution in [2.75, 3.05) is 19.6 Å². The molecule has 2 heterocycles. The lowest BCUT2D eigenvalue weighted by Crippen LogP contribution is -2.42. The Hall–Kier alpha value is -2.32. The summed E-state index contributed by atoms with van der Waals surface area (Å²) in [6.07, 6.45) is 6.59. The minimum Gasteiger partial charge on any atom is -0.509 e. The number of imidazole rings is 1. The number of likely N-dealkylation sites (tertiary alicyclic amines) is 1. The number of H-pyrrole nitrogens is 1. The first kappa shape index (κ1) is 16.2. The van der Waals surface area contributed by atoms with Gasteiger partial charge in [0.1, 0.15) is 17.4 Å². The van der Waals surface area contributed by atoms with Gasteiger partial charge >= 0.3 is 0 Å². The number of piperidine rings is 1. The van der Waals surface area contributed by atoms with Crippen molar-refractivity contribution in [3.63, 3.8) is 0 Å². The van der Waals surface area contributed by atoms with Gasteiger partial charge in [-0.05, 0) is 43.4 Å². The number of aliphatic hydroxyl groups excluding tert-OH is 1. The van der Waals surface area contributed by atoms with Gasteiger partial charge in [0, 0.05) is 6.54 Å². The lowest BCUT2D eigenvalue weighted by Gasteiger charge is -2.41. The van der Waals surface area contributed by atoms with Gasteiger partial charge in [0.05, 0.1) is 17.6 Å². The molecule has 2 atom stereocenters. The van der Waals surface area contributed by atoms with Crippen molar-refractivity contribution in [1.82, 2.24) is 14.9 Å². The Labute approximate surface area is 148 Å². The molecular weight excluding hydrogens is 312 g/mol. The van der Waals surface area contributed by atoms with Crippen molar-refractivity contribution in [1.29, 1.82) is 5.26 Å². The average molecular weight is 336 g/mol. The van der Waals surface area contributed by atoms with Crippen LogP contribution in [0.4, 0.5) is 0 Å². The number of hydrogen-bond acceptors (Lipinski definition) is 4. The molecule has 130 valence electrons. The number of nitriles is 1. The molecule has 1 saturated heterocycles. The monoisotopic (exact) mass is 336 g/mol. The highest BCUT2D eigenvalue weighted by atomic mass is 16.3. The summed E-state index contributed by atoms with van der Waals surface area (Å²) < 4.78 is 0. The van der Waals surface area contributed by atoms with Crippen molar-refractivity contribution in [3.8, 4) is 6.07 Å². The number of nitrogens with zero attached hydrogens (tertiary/aromatic N) is 3. The summed E-state index contributed by atoms with van der Waals surface area (Å²) in [5, 5.41) is 20.1. The molecule has 2 aliphatic rings. The van der Waals surface area contributed by atoms with Gasteiger partial charge in [-0.15, -0.1) is 0 Å². The molecule has 0 amide bonds. The number of aromatic nitrogens is 2. The van der Waals surface area contributed by atoms with Crippen LogP contribution in [-0.2, 0) is 0 Å². The van der Waals surface area contributed by atoms with Crippen molar-refractivity contribution in [2.24, 2.45) is 11.8 Å². The first-order valence-corrected chi connectivity index (χ1v) is 9.24. The number of allylic oxidation sites excluding steroid dienone is 1. The predicted octanol–water partition coefficient (Wildman–Crippen LogP) is 3.87. The highest BCUT2D eigenvalue weighted by Crippen LogP contribution is 2.36. The fourth-order valence-corrected chi connectivity index (χ4v) is 4.44. The second-order valence-electron chi connectivity index (χ2n) is 7.36. The molecule has 0 spiro atoms. The van der Waals surface area contributed by atoms with Crippen LogP contribution in [0.1, 0.15) is 37.9 Å². The molecule has 1 saturated carbocycles. The average Bonchev–Trinajstić information content (AvgIpc) is 3.05. The van der Waals surface area contributed by atoms with Gasteiger partial charge in [0.25, 0.3) is 0 Å². The van der Waals surface area contributed by atoms with Crippen LogP contribution < -0.4 is 0 Å². The van der Waals surface area contributed by atoms with E-state index >= 15 is 0 Å². The maximum absolute atomic E-state index is 10.6. The van der Waals surface area contributed by atoms with E-state index in [1.54, 1.807) is 0 Å². The minimum absolute atomic E-state index is 0.121. The van der Waals surface area contributed by atoms with Crippen LogP contribution in [-0.4, -0.2) is 39.6 Å². The molecule has 5 heteroatoms. The number of fused-ring (bicyclic) bond motifs is 2. The third-order valence-corrected chi connectivity index (χ3v) is 5.78. The zero-order chi connectivity index (χ0) is 17.2. The van der Waals surface area contributed by atoms with E-state index in [0.29, 0.717) is 12.4 Å². The number of nitrogens with one attached hydrogen (secondary N) is 1. The zero-order valence-electron chi connectivity index (χ0n) is 14.4. The van der Waals surface area contributed by atoms with E-state index < -0.39 is 0 Å². The summed E-state index contributed by atoms with van der Waals surface area (Å²) >= 11 is 0. The topological polar surface area (TPSA) is 75.9 Å². The molecule has 2 unspecified atom stereocenters. The smallest absolute Gasteiger partial charge is 0.152 e. The van der Waals surface area contributed by atoms with Gasteiger partial charge in [-0.2, -0.15) is 5.26 Å². The summed E-state index contributed by atoms with van der Waals surface area (Å²) in [6.45, 7) is 2.47. The third-order valence-electron chi connectivity index (χ3n) is 5.78. The molecule has 2 N–H and O–H groups in total. The first-order valence-electron chi connectivity index (χ1n) is 9.24. The van der Waals surface area contributed by atoms with Crippen LogP contribution in [0.2, 0.25) is 0 Å². The molecule has 1 aliphatic heterocycles. The minimum atomic E-state index is 0.121. The lowest BCUT2D eigenvalue weighted by molar-refractivity contribution is 0.0862. The molecular formula is C20H24N4O. The van der Waals surface area contributed by atoms with Gasteiger partial charge in [-0.1, -0.05) is 31.4 Å². The van der Waals surface area contributed by atoms with E-state index in [9.17, 15) is 10.4 Å². The molecule has 2 fully saturated rings. The Morgan fingerprint density at radius 1 is 1.24 bits per heavy atom. The van der Waals surface area contributed by atoms with Crippen molar-refractivity contribution in [3.05, 3.63) is 35.8 Å². The lowest BCUT2D eigenvalue weighted by atomic mass is 9.75. The fourth-order valence-electron chi connectivity index (χ4n) is 4.44. The van der Waals surface area contributed by atoms with E-state index in [4.69, 9.17) is 0 Å². The summed E-state index contributed by atoms with van der Waals surface area (Å²) in [5.74, 6) is 2.19. The Morgan fingerprint density at radius 2 is 2.04 bits per heavy atom. The normalized spacial score (nSPS) is 25.2. The standard InChI is InChI=1S/C20H24N4O/c21-11-16(20-22-17-7-3-4-8-18(17)23-20)19(25)13-24-10-9-14-5-1-2-6-15(14)12-24/h3-4,7-8,14-15,25H,1-2,5-6,9-10,12-13H2,(H,22,23)/b19-16-. The van der Waals surface area contributed by atoms with E-state index in [2.05, 4.69) is 20.9 Å². The molecule has 0 bridgehead atoms. The van der Waals surface area contributed by atoms with Crippen LogP contribution in [0.5, 0.6) is 0 Å². The number of aromatic amines is 1. The Bertz CT molecular complexity index is 799. The Morgan fingerprint density at radius 3 is 2.84 bits per heavy atom. The molecule has 1 aliphatic carbocycles. The van der Waals surface area contributed by atoms with Gasteiger partial charge in [-0.3, -0.25) is 4.90 Å². The second kappa shape index (κ2) is 6.89. The summed E-state index contributed by atoms with van der Waals surface area (Å²) in [5.41, 5.74) is 1.93. The Kier molecular flexibility index (Phi) is 4.46. The van der Waals surface area contributed by atoms with Crippen LogP contribution in [0.15, 0.2) is 30.0 Å². The Balaban J connectivity index is 1.52. The maximum atomic E-state index is 10.6. The van der Waals surface area contributed by atoms with Crippen LogP contribution >= 0.6 is 0 Å². The number of aliphatic hydroxyl groups is 1. The molecule has 1 aromatic carbocycles. The van der Waals surface area contributed by atoms with E-state index in [0.717, 1.165) is 36.0 Å². The van der Waals surface area contributed by atoms with Crippen molar-refractivity contribution < 1.29 is 5.11 Å². The number of para-hydroxylation sites is 2. The van der Waals surface area contributed by atoms with Crippen LogP contribution in [0.25, 0.3) is 16.6 Å². The third kappa shape index (κ3) is 3.27. The van der Waals surface area contributed by atoms with Crippen molar-refractivity contribution in [2.45, 2.75) is 32.1 Å². The maximum Gasteiger partial charge on any atom is 0.152 e. The predicted molar refractivity (Wildman–Crippen MR) is 97.8 cm³/mol. The van der Waals surface area contributed by atoms with Gasteiger partial charge < -0.3 is 10.1 Å². The molecule has 25 heavy (non-hydrogen) atoms. The first-order chi connectivity index (χ1) is 12.2. The molecule has 0 radical (unpaired) electrons.